The van der Waals surface area contributed by atoms with E-state index in [2.05, 4.69) is 17.2 Å². The summed E-state index contributed by atoms with van der Waals surface area (Å²) < 4.78 is 2.00. The van der Waals surface area contributed by atoms with Gasteiger partial charge in [0.2, 0.25) is 0 Å². The summed E-state index contributed by atoms with van der Waals surface area (Å²) in [4.78, 5) is 27.7. The van der Waals surface area contributed by atoms with Gasteiger partial charge in [0.1, 0.15) is 11.5 Å². The number of nitrogens with zero attached hydrogens (tertiary/aromatic N) is 2. The molecule has 3 rings (SSSR count). The summed E-state index contributed by atoms with van der Waals surface area (Å²) in [6.07, 6.45) is 4.58. The topological polar surface area (TPSA) is 84.2 Å². The first-order valence-corrected chi connectivity index (χ1v) is 7.73. The van der Waals surface area contributed by atoms with E-state index >= 15 is 0 Å². The first-order chi connectivity index (χ1) is 11.0. The van der Waals surface area contributed by atoms with E-state index in [1.54, 1.807) is 30.5 Å². The molecule has 0 saturated carbocycles. The minimum atomic E-state index is -0.896. The van der Waals surface area contributed by atoms with Gasteiger partial charge in [0, 0.05) is 18.2 Å². The zero-order chi connectivity index (χ0) is 16.4. The number of amides is 1. The molecule has 1 atom stereocenters. The number of hydrogen-bond acceptors (Lipinski definition) is 3. The fourth-order valence-corrected chi connectivity index (χ4v) is 3.06. The number of carboxylic acids is 1. The fourth-order valence-electron chi connectivity index (χ4n) is 3.06. The minimum Gasteiger partial charge on any atom is -0.481 e. The molecule has 1 aromatic carbocycles. The van der Waals surface area contributed by atoms with Crippen LogP contribution in [0, 0.1) is 0 Å². The fraction of sp³-hybridized carbons (Fsp3) is 0.353. The predicted octanol–water partition coefficient (Wildman–Crippen LogP) is 2.66. The molecule has 2 aromatic rings. The van der Waals surface area contributed by atoms with Crippen LogP contribution >= 0.6 is 0 Å². The van der Waals surface area contributed by atoms with Crippen LogP contribution in [-0.2, 0) is 17.6 Å². The third kappa shape index (κ3) is 3.26. The van der Waals surface area contributed by atoms with Gasteiger partial charge in [-0.25, -0.2) is 4.98 Å². The van der Waals surface area contributed by atoms with Crippen molar-refractivity contribution >= 4 is 17.6 Å². The van der Waals surface area contributed by atoms with E-state index in [4.69, 9.17) is 5.11 Å². The standard InChI is InChI=1S/C17H19N3O3/c1-11-4-2-7-15-18-10-14(20(11)15)17(23)19-13-6-3-5-12(8-13)9-16(21)22/h3,5-6,8,10-11H,2,4,7,9H2,1H3,(H,19,23)(H,21,22). The molecule has 6 heteroatoms. The number of carbonyl (C=O) groups excluding carboxylic acids is 1. The van der Waals surface area contributed by atoms with Gasteiger partial charge in [-0.05, 0) is 37.5 Å². The van der Waals surface area contributed by atoms with E-state index in [9.17, 15) is 9.59 Å². The lowest BCUT2D eigenvalue weighted by molar-refractivity contribution is -0.136. The van der Waals surface area contributed by atoms with E-state index < -0.39 is 5.97 Å². The smallest absolute Gasteiger partial charge is 0.307 e. The Morgan fingerprint density at radius 2 is 2.26 bits per heavy atom. The van der Waals surface area contributed by atoms with E-state index in [0.717, 1.165) is 25.1 Å². The van der Waals surface area contributed by atoms with Crippen LogP contribution < -0.4 is 5.32 Å². The number of imidazole rings is 1. The number of anilines is 1. The molecule has 1 amide bonds. The highest BCUT2D eigenvalue weighted by Crippen LogP contribution is 2.26. The number of fused-ring (bicyclic) bond motifs is 1. The molecule has 0 bridgehead atoms. The SMILES string of the molecule is CC1CCCc2ncc(C(=O)Nc3cccc(CC(=O)O)c3)n21. The minimum absolute atomic E-state index is 0.0666. The van der Waals surface area contributed by atoms with Crippen molar-refractivity contribution in [3.05, 3.63) is 47.5 Å². The second-order valence-corrected chi connectivity index (χ2v) is 5.90. The van der Waals surface area contributed by atoms with Crippen molar-refractivity contribution in [3.63, 3.8) is 0 Å². The van der Waals surface area contributed by atoms with Crippen LogP contribution in [0.2, 0.25) is 0 Å². The van der Waals surface area contributed by atoms with Gasteiger partial charge in [-0.2, -0.15) is 0 Å². The Kier molecular flexibility index (Phi) is 4.14. The van der Waals surface area contributed by atoms with Crippen LogP contribution in [0.15, 0.2) is 30.5 Å². The third-order valence-corrected chi connectivity index (χ3v) is 4.11. The number of benzene rings is 1. The van der Waals surface area contributed by atoms with E-state index in [1.165, 1.54) is 0 Å². The average Bonchev–Trinajstić information content (AvgIpc) is 2.92. The summed E-state index contributed by atoms with van der Waals surface area (Å²) in [5.74, 6) is -0.161. The number of carboxylic acid groups (broad SMARTS) is 1. The zero-order valence-electron chi connectivity index (χ0n) is 13.0. The summed E-state index contributed by atoms with van der Waals surface area (Å²) in [5, 5.41) is 11.7. The van der Waals surface area contributed by atoms with Crippen LogP contribution in [0.3, 0.4) is 0 Å². The van der Waals surface area contributed by atoms with Gasteiger partial charge >= 0.3 is 5.97 Å². The Hall–Kier alpha value is -2.63. The Labute approximate surface area is 134 Å². The van der Waals surface area contributed by atoms with Gasteiger partial charge in [0.15, 0.2) is 0 Å². The Balaban J connectivity index is 1.80. The first-order valence-electron chi connectivity index (χ1n) is 7.73. The van der Waals surface area contributed by atoms with Crippen molar-refractivity contribution < 1.29 is 14.7 Å². The highest BCUT2D eigenvalue weighted by molar-refractivity contribution is 6.03. The molecule has 0 spiro atoms. The molecule has 1 aromatic heterocycles. The summed E-state index contributed by atoms with van der Waals surface area (Å²) in [6.45, 7) is 2.09. The summed E-state index contributed by atoms with van der Waals surface area (Å²) in [6, 6.07) is 7.16. The Morgan fingerprint density at radius 1 is 1.43 bits per heavy atom. The van der Waals surface area contributed by atoms with Gasteiger partial charge in [-0.1, -0.05) is 12.1 Å². The highest BCUT2D eigenvalue weighted by atomic mass is 16.4. The number of carbonyl (C=O) groups is 2. The zero-order valence-corrected chi connectivity index (χ0v) is 13.0. The molecule has 0 fully saturated rings. The van der Waals surface area contributed by atoms with Gasteiger partial charge in [-0.3, -0.25) is 9.59 Å². The molecular weight excluding hydrogens is 294 g/mol. The Bertz CT molecular complexity index is 751. The summed E-state index contributed by atoms with van der Waals surface area (Å²) in [5.41, 5.74) is 1.79. The molecule has 1 aliphatic heterocycles. The summed E-state index contributed by atoms with van der Waals surface area (Å²) in [7, 11) is 0. The molecule has 2 heterocycles. The van der Waals surface area contributed by atoms with E-state index in [-0.39, 0.29) is 18.4 Å². The predicted molar refractivity (Wildman–Crippen MR) is 85.6 cm³/mol. The lowest BCUT2D eigenvalue weighted by Crippen LogP contribution is -2.23. The number of hydrogen-bond donors (Lipinski definition) is 2. The van der Waals surface area contributed by atoms with Crippen molar-refractivity contribution in [1.29, 1.82) is 0 Å². The molecule has 0 aliphatic carbocycles. The lowest BCUT2D eigenvalue weighted by atomic mass is 10.1. The largest absolute Gasteiger partial charge is 0.481 e. The molecule has 120 valence electrons. The third-order valence-electron chi connectivity index (χ3n) is 4.11. The molecular formula is C17H19N3O3. The molecule has 2 N–H and O–H groups in total. The van der Waals surface area contributed by atoms with Crippen LogP contribution in [-0.4, -0.2) is 26.5 Å². The van der Waals surface area contributed by atoms with Crippen molar-refractivity contribution in [1.82, 2.24) is 9.55 Å². The van der Waals surface area contributed by atoms with Crippen molar-refractivity contribution in [2.75, 3.05) is 5.32 Å². The number of aryl methyl sites for hydroxylation is 1. The molecule has 0 saturated heterocycles. The van der Waals surface area contributed by atoms with Crippen LogP contribution in [0.5, 0.6) is 0 Å². The molecule has 6 nitrogen and oxygen atoms in total. The number of aromatic nitrogens is 2. The van der Waals surface area contributed by atoms with Gasteiger partial charge in [0.05, 0.1) is 12.6 Å². The van der Waals surface area contributed by atoms with Gasteiger partial charge < -0.3 is 15.0 Å². The molecule has 0 radical (unpaired) electrons. The van der Waals surface area contributed by atoms with Crippen LogP contribution in [0.4, 0.5) is 5.69 Å². The normalized spacial score (nSPS) is 16.7. The highest BCUT2D eigenvalue weighted by Gasteiger charge is 2.23. The van der Waals surface area contributed by atoms with Gasteiger partial charge in [0.25, 0.3) is 5.91 Å². The number of nitrogens with one attached hydrogen (secondary N) is 1. The van der Waals surface area contributed by atoms with Crippen LogP contribution in [0.1, 0.15) is 47.7 Å². The van der Waals surface area contributed by atoms with Crippen LogP contribution in [0.25, 0.3) is 0 Å². The van der Waals surface area contributed by atoms with Crippen molar-refractivity contribution in [3.8, 4) is 0 Å². The van der Waals surface area contributed by atoms with Gasteiger partial charge in [-0.15, -0.1) is 0 Å². The summed E-state index contributed by atoms with van der Waals surface area (Å²) >= 11 is 0. The molecule has 23 heavy (non-hydrogen) atoms. The maximum Gasteiger partial charge on any atom is 0.307 e. The maximum atomic E-state index is 12.5. The molecule has 1 unspecified atom stereocenters. The van der Waals surface area contributed by atoms with Crippen molar-refractivity contribution in [2.24, 2.45) is 0 Å². The maximum absolute atomic E-state index is 12.5. The monoisotopic (exact) mass is 313 g/mol. The average molecular weight is 313 g/mol. The second-order valence-electron chi connectivity index (χ2n) is 5.90. The number of rotatable bonds is 4. The van der Waals surface area contributed by atoms with E-state index in [0.29, 0.717) is 16.9 Å². The Morgan fingerprint density at radius 3 is 3.04 bits per heavy atom. The molecule has 1 aliphatic rings. The van der Waals surface area contributed by atoms with Crippen molar-refractivity contribution in [2.45, 2.75) is 38.6 Å². The first kappa shape index (κ1) is 15.3. The van der Waals surface area contributed by atoms with E-state index in [1.807, 2.05) is 4.57 Å². The quantitative estimate of drug-likeness (QED) is 0.909. The number of aliphatic carboxylic acids is 1. The lowest BCUT2D eigenvalue weighted by Gasteiger charge is -2.23. The second kappa shape index (κ2) is 6.24.